The van der Waals surface area contributed by atoms with Gasteiger partial charge in [0.15, 0.2) is 0 Å². The summed E-state index contributed by atoms with van der Waals surface area (Å²) in [4.78, 5) is 13.3. The number of carbonyl (C=O) groups is 1. The van der Waals surface area contributed by atoms with Crippen LogP contribution in [0.3, 0.4) is 0 Å². The lowest BCUT2D eigenvalue weighted by atomic mass is 9.74. The molecule has 0 aromatic heterocycles. The second-order valence-electron chi connectivity index (χ2n) is 4.29. The fourth-order valence-corrected chi connectivity index (χ4v) is 2.32. The first kappa shape index (κ1) is 11.5. The minimum Gasteiger partial charge on any atom is -0.342 e. The van der Waals surface area contributed by atoms with E-state index in [4.69, 9.17) is 5.73 Å². The Hall–Kier alpha value is -0.570. The van der Waals surface area contributed by atoms with Crippen LogP contribution in [0.1, 0.15) is 39.5 Å². The Kier molecular flexibility index (Phi) is 3.93. The summed E-state index contributed by atoms with van der Waals surface area (Å²) in [6, 6.07) is 0. The van der Waals surface area contributed by atoms with Crippen LogP contribution in [0.2, 0.25) is 0 Å². The van der Waals surface area contributed by atoms with Gasteiger partial charge < -0.3 is 10.6 Å². The molecule has 3 nitrogen and oxygen atoms in total. The van der Waals surface area contributed by atoms with Crippen molar-refractivity contribution in [2.45, 2.75) is 39.5 Å². The molecule has 82 valence electrons. The maximum absolute atomic E-state index is 11.4. The van der Waals surface area contributed by atoms with E-state index in [1.54, 1.807) is 0 Å². The molecule has 14 heavy (non-hydrogen) atoms. The number of nitrogens with zero attached hydrogens (tertiary/aromatic N) is 1. The number of carbonyl (C=O) groups excluding carboxylic acids is 1. The largest absolute Gasteiger partial charge is 0.342 e. The zero-order chi connectivity index (χ0) is 10.6. The molecule has 1 fully saturated rings. The van der Waals surface area contributed by atoms with Gasteiger partial charge >= 0.3 is 0 Å². The molecule has 1 aliphatic rings. The van der Waals surface area contributed by atoms with Gasteiger partial charge in [-0.25, -0.2) is 0 Å². The van der Waals surface area contributed by atoms with Crippen LogP contribution in [0.15, 0.2) is 0 Å². The van der Waals surface area contributed by atoms with Gasteiger partial charge in [0.1, 0.15) is 0 Å². The van der Waals surface area contributed by atoms with E-state index in [0.717, 1.165) is 25.9 Å². The summed E-state index contributed by atoms with van der Waals surface area (Å²) in [5.74, 6) is 0.103. The van der Waals surface area contributed by atoms with Crippen molar-refractivity contribution < 1.29 is 4.79 Å². The number of likely N-dealkylation sites (tertiary alicyclic amines) is 1. The molecule has 0 aromatic carbocycles. The van der Waals surface area contributed by atoms with Gasteiger partial charge in [-0.3, -0.25) is 4.79 Å². The van der Waals surface area contributed by atoms with E-state index < -0.39 is 0 Å². The van der Waals surface area contributed by atoms with E-state index in [1.807, 2.05) is 4.90 Å². The minimum atomic E-state index is 0.103. The van der Waals surface area contributed by atoms with Crippen LogP contribution in [0.5, 0.6) is 0 Å². The number of hydrogen-bond acceptors (Lipinski definition) is 2. The first-order chi connectivity index (χ1) is 6.67. The third-order valence-corrected chi connectivity index (χ3v) is 3.85. The molecule has 0 aromatic rings. The Morgan fingerprint density at radius 1 is 1.29 bits per heavy atom. The summed E-state index contributed by atoms with van der Waals surface area (Å²) in [5.41, 5.74) is 5.84. The molecule has 1 heterocycles. The van der Waals surface area contributed by atoms with Gasteiger partial charge in [0.25, 0.3) is 0 Å². The second kappa shape index (κ2) is 4.78. The summed E-state index contributed by atoms with van der Waals surface area (Å²) in [6.07, 6.45) is 4.75. The predicted molar refractivity (Wildman–Crippen MR) is 57.9 cm³/mol. The highest BCUT2D eigenvalue weighted by molar-refractivity contribution is 5.78. The monoisotopic (exact) mass is 198 g/mol. The van der Waals surface area contributed by atoms with Crippen molar-refractivity contribution in [2.24, 2.45) is 11.1 Å². The third kappa shape index (κ3) is 2.27. The fraction of sp³-hybridized carbons (Fsp3) is 0.909. The van der Waals surface area contributed by atoms with Gasteiger partial charge in [-0.15, -0.1) is 0 Å². The average molecular weight is 198 g/mol. The van der Waals surface area contributed by atoms with E-state index in [0.29, 0.717) is 5.41 Å². The summed E-state index contributed by atoms with van der Waals surface area (Å²) >= 11 is 0. The van der Waals surface area contributed by atoms with Crippen LogP contribution in [0, 0.1) is 5.41 Å². The molecule has 1 aliphatic heterocycles. The molecule has 0 spiro atoms. The SMILES string of the molecule is CCC1(CC)CCN(C(=O)CN)CC1. The van der Waals surface area contributed by atoms with E-state index in [2.05, 4.69) is 13.8 Å². The standard InChI is InChI=1S/C11H22N2O/c1-3-11(4-2)5-7-13(8-6-11)10(14)9-12/h3-9,12H2,1-2H3. The zero-order valence-corrected chi connectivity index (χ0v) is 9.38. The maximum atomic E-state index is 11.4. The first-order valence-corrected chi connectivity index (χ1v) is 5.65. The van der Waals surface area contributed by atoms with E-state index in [-0.39, 0.29) is 12.5 Å². The highest BCUT2D eigenvalue weighted by Gasteiger charge is 2.32. The van der Waals surface area contributed by atoms with Crippen molar-refractivity contribution in [1.82, 2.24) is 4.90 Å². The number of nitrogens with two attached hydrogens (primary N) is 1. The molecule has 2 N–H and O–H groups in total. The van der Waals surface area contributed by atoms with Gasteiger partial charge in [0, 0.05) is 13.1 Å². The summed E-state index contributed by atoms with van der Waals surface area (Å²) < 4.78 is 0. The predicted octanol–water partition coefficient (Wildman–Crippen LogP) is 1.37. The summed E-state index contributed by atoms with van der Waals surface area (Å²) in [5, 5.41) is 0. The lowest BCUT2D eigenvalue weighted by Gasteiger charge is -2.40. The van der Waals surface area contributed by atoms with Crippen LogP contribution in [0.25, 0.3) is 0 Å². The fourth-order valence-electron chi connectivity index (χ4n) is 2.32. The number of rotatable bonds is 3. The van der Waals surface area contributed by atoms with Crippen molar-refractivity contribution in [3.05, 3.63) is 0 Å². The van der Waals surface area contributed by atoms with E-state index >= 15 is 0 Å². The van der Waals surface area contributed by atoms with Crippen molar-refractivity contribution >= 4 is 5.91 Å². The van der Waals surface area contributed by atoms with E-state index in [9.17, 15) is 4.79 Å². The molecule has 1 saturated heterocycles. The van der Waals surface area contributed by atoms with Crippen LogP contribution in [0.4, 0.5) is 0 Å². The number of piperidine rings is 1. The molecular formula is C11H22N2O. The van der Waals surface area contributed by atoms with Crippen LogP contribution in [-0.2, 0) is 4.79 Å². The highest BCUT2D eigenvalue weighted by Crippen LogP contribution is 2.37. The smallest absolute Gasteiger partial charge is 0.236 e. The van der Waals surface area contributed by atoms with Crippen LogP contribution in [-0.4, -0.2) is 30.4 Å². The Balaban J connectivity index is 2.48. The van der Waals surface area contributed by atoms with Gasteiger partial charge in [0.05, 0.1) is 6.54 Å². The summed E-state index contributed by atoms with van der Waals surface area (Å²) in [6.45, 7) is 6.47. The first-order valence-electron chi connectivity index (χ1n) is 5.65. The molecule has 1 amide bonds. The van der Waals surface area contributed by atoms with Crippen molar-refractivity contribution in [2.75, 3.05) is 19.6 Å². The minimum absolute atomic E-state index is 0.103. The lowest BCUT2D eigenvalue weighted by molar-refractivity contribution is -0.132. The molecular weight excluding hydrogens is 176 g/mol. The second-order valence-corrected chi connectivity index (χ2v) is 4.29. The van der Waals surface area contributed by atoms with Crippen molar-refractivity contribution in [1.29, 1.82) is 0 Å². The normalized spacial score (nSPS) is 20.9. The molecule has 0 atom stereocenters. The molecule has 0 unspecified atom stereocenters. The van der Waals surface area contributed by atoms with Gasteiger partial charge in [-0.1, -0.05) is 26.7 Å². The van der Waals surface area contributed by atoms with E-state index in [1.165, 1.54) is 12.8 Å². The highest BCUT2D eigenvalue weighted by atomic mass is 16.2. The number of hydrogen-bond donors (Lipinski definition) is 1. The Morgan fingerprint density at radius 2 is 1.79 bits per heavy atom. The van der Waals surface area contributed by atoms with Crippen LogP contribution >= 0.6 is 0 Å². The maximum Gasteiger partial charge on any atom is 0.236 e. The lowest BCUT2D eigenvalue weighted by Crippen LogP contribution is -2.45. The molecule has 0 aliphatic carbocycles. The molecule has 0 saturated carbocycles. The van der Waals surface area contributed by atoms with Crippen molar-refractivity contribution in [3.8, 4) is 0 Å². The van der Waals surface area contributed by atoms with Gasteiger partial charge in [0.2, 0.25) is 5.91 Å². The third-order valence-electron chi connectivity index (χ3n) is 3.85. The van der Waals surface area contributed by atoms with Gasteiger partial charge in [-0.2, -0.15) is 0 Å². The average Bonchev–Trinajstić information content (AvgIpc) is 2.28. The molecule has 3 heteroatoms. The Morgan fingerprint density at radius 3 is 2.14 bits per heavy atom. The summed E-state index contributed by atoms with van der Waals surface area (Å²) in [7, 11) is 0. The topological polar surface area (TPSA) is 46.3 Å². The molecule has 0 radical (unpaired) electrons. The quantitative estimate of drug-likeness (QED) is 0.744. The Bertz CT molecular complexity index is 189. The van der Waals surface area contributed by atoms with Crippen molar-refractivity contribution in [3.63, 3.8) is 0 Å². The Labute approximate surface area is 86.6 Å². The zero-order valence-electron chi connectivity index (χ0n) is 9.38. The molecule has 0 bridgehead atoms. The number of amides is 1. The van der Waals surface area contributed by atoms with Crippen LogP contribution < -0.4 is 5.73 Å². The van der Waals surface area contributed by atoms with Gasteiger partial charge in [-0.05, 0) is 18.3 Å². The molecule has 1 rings (SSSR count).